The number of benzene rings is 2. The molecule has 0 spiro atoms. The summed E-state index contributed by atoms with van der Waals surface area (Å²) in [6.45, 7) is 1.94. The molecule has 0 aromatic heterocycles. The molecule has 0 bridgehead atoms. The van der Waals surface area contributed by atoms with Crippen molar-refractivity contribution in [2.24, 2.45) is 0 Å². The zero-order valence-electron chi connectivity index (χ0n) is 11.0. The van der Waals surface area contributed by atoms with E-state index >= 15 is 0 Å². The molecular weight excluding hydrogens is 316 g/mol. The Morgan fingerprint density at radius 3 is 3.00 bits per heavy atom. The minimum absolute atomic E-state index is 0.145. The van der Waals surface area contributed by atoms with Crippen LogP contribution in [0.25, 0.3) is 10.8 Å². The molecule has 2 aliphatic heterocycles. The van der Waals surface area contributed by atoms with Crippen molar-refractivity contribution in [3.8, 4) is 0 Å². The largest absolute Gasteiger partial charge is 0.315 e. The molecule has 20 heavy (non-hydrogen) atoms. The molecule has 2 aromatic rings. The maximum atomic E-state index is 12.8. The molecule has 2 aliphatic rings. The van der Waals surface area contributed by atoms with Crippen LogP contribution in [0.15, 0.2) is 34.8 Å². The van der Waals surface area contributed by atoms with Crippen molar-refractivity contribution >= 4 is 38.3 Å². The van der Waals surface area contributed by atoms with Gasteiger partial charge in [0.15, 0.2) is 0 Å². The second-order valence-electron chi connectivity index (χ2n) is 5.50. The third-order valence-corrected chi connectivity index (χ3v) is 4.72. The van der Waals surface area contributed by atoms with Gasteiger partial charge in [-0.05, 0) is 43.0 Å². The lowest BCUT2D eigenvalue weighted by Gasteiger charge is -2.32. The van der Waals surface area contributed by atoms with Crippen molar-refractivity contribution in [2.75, 3.05) is 18.0 Å². The number of halogens is 1. The fourth-order valence-corrected chi connectivity index (χ4v) is 3.87. The Morgan fingerprint density at radius 1 is 1.30 bits per heavy atom. The minimum Gasteiger partial charge on any atom is -0.315 e. The predicted octanol–water partition coefficient (Wildman–Crippen LogP) is 3.31. The second-order valence-corrected chi connectivity index (χ2v) is 6.42. The molecule has 4 heteroatoms. The highest BCUT2D eigenvalue weighted by Crippen LogP contribution is 2.40. The van der Waals surface area contributed by atoms with Crippen molar-refractivity contribution in [3.63, 3.8) is 0 Å². The van der Waals surface area contributed by atoms with Crippen molar-refractivity contribution < 1.29 is 4.79 Å². The summed E-state index contributed by atoms with van der Waals surface area (Å²) >= 11 is 3.51. The molecule has 1 fully saturated rings. The predicted molar refractivity (Wildman–Crippen MR) is 84.3 cm³/mol. The van der Waals surface area contributed by atoms with Crippen LogP contribution >= 0.6 is 15.9 Å². The lowest BCUT2D eigenvalue weighted by molar-refractivity contribution is 0.0979. The van der Waals surface area contributed by atoms with Crippen LogP contribution < -0.4 is 10.2 Å². The van der Waals surface area contributed by atoms with Crippen LogP contribution in [-0.4, -0.2) is 25.0 Å². The van der Waals surface area contributed by atoms with E-state index in [0.29, 0.717) is 0 Å². The molecule has 4 rings (SSSR count). The third-order valence-electron chi connectivity index (χ3n) is 4.26. The van der Waals surface area contributed by atoms with Gasteiger partial charge in [0.25, 0.3) is 5.91 Å². The summed E-state index contributed by atoms with van der Waals surface area (Å²) in [5.41, 5.74) is 1.90. The summed E-state index contributed by atoms with van der Waals surface area (Å²) < 4.78 is 0.967. The van der Waals surface area contributed by atoms with Gasteiger partial charge in [-0.15, -0.1) is 0 Å². The molecule has 2 aromatic carbocycles. The Morgan fingerprint density at radius 2 is 2.20 bits per heavy atom. The van der Waals surface area contributed by atoms with Gasteiger partial charge in [-0.1, -0.05) is 28.1 Å². The number of carbonyl (C=O) groups is 1. The van der Waals surface area contributed by atoms with Gasteiger partial charge in [0.2, 0.25) is 0 Å². The van der Waals surface area contributed by atoms with Crippen molar-refractivity contribution in [3.05, 3.63) is 40.4 Å². The van der Waals surface area contributed by atoms with E-state index in [-0.39, 0.29) is 11.9 Å². The summed E-state index contributed by atoms with van der Waals surface area (Å²) in [6, 6.07) is 10.5. The van der Waals surface area contributed by atoms with Gasteiger partial charge >= 0.3 is 0 Å². The summed E-state index contributed by atoms with van der Waals surface area (Å²) in [5.74, 6) is 0.145. The average Bonchev–Trinajstić information content (AvgIpc) is 2.74. The van der Waals surface area contributed by atoms with Gasteiger partial charge < -0.3 is 10.2 Å². The normalized spacial score (nSPS) is 21.8. The van der Waals surface area contributed by atoms with Gasteiger partial charge in [0.05, 0.1) is 11.3 Å². The molecule has 1 unspecified atom stereocenters. The number of anilines is 1. The Kier molecular flexibility index (Phi) is 2.82. The van der Waals surface area contributed by atoms with Crippen LogP contribution in [0.4, 0.5) is 5.69 Å². The lowest BCUT2D eigenvalue weighted by Crippen LogP contribution is -2.47. The number of nitrogens with one attached hydrogen (secondary N) is 1. The van der Waals surface area contributed by atoms with Crippen LogP contribution in [0.2, 0.25) is 0 Å². The fourth-order valence-electron chi connectivity index (χ4n) is 3.40. The van der Waals surface area contributed by atoms with Crippen LogP contribution in [0, 0.1) is 0 Å². The van der Waals surface area contributed by atoms with Crippen LogP contribution in [0.3, 0.4) is 0 Å². The van der Waals surface area contributed by atoms with E-state index in [0.717, 1.165) is 52.4 Å². The monoisotopic (exact) mass is 330 g/mol. The lowest BCUT2D eigenvalue weighted by atomic mass is 10.0. The molecule has 2 heterocycles. The first-order valence-electron chi connectivity index (χ1n) is 7.02. The van der Waals surface area contributed by atoms with Gasteiger partial charge in [-0.25, -0.2) is 0 Å². The van der Waals surface area contributed by atoms with E-state index in [1.807, 2.05) is 17.0 Å². The van der Waals surface area contributed by atoms with Crippen LogP contribution in [0.5, 0.6) is 0 Å². The number of piperidine rings is 1. The molecular formula is C16H15BrN2O. The van der Waals surface area contributed by atoms with E-state index in [9.17, 15) is 4.79 Å². The standard InChI is InChI=1S/C16H15BrN2O/c17-11-7-10-3-1-5-14-15(10)13(8-11)16(20)19(14)12-4-2-6-18-9-12/h1,3,5,7-8,12,18H,2,4,6,9H2. The number of hydrogen-bond donors (Lipinski definition) is 1. The van der Waals surface area contributed by atoms with Crippen LogP contribution in [-0.2, 0) is 0 Å². The van der Waals surface area contributed by atoms with Crippen molar-refractivity contribution in [2.45, 2.75) is 18.9 Å². The second kappa shape index (κ2) is 4.57. The molecule has 1 saturated heterocycles. The first-order chi connectivity index (χ1) is 9.75. The van der Waals surface area contributed by atoms with E-state index in [1.165, 1.54) is 0 Å². The first kappa shape index (κ1) is 12.4. The number of hydrogen-bond acceptors (Lipinski definition) is 2. The summed E-state index contributed by atoms with van der Waals surface area (Å²) in [6.07, 6.45) is 2.20. The number of carbonyl (C=O) groups excluding carboxylic acids is 1. The van der Waals surface area contributed by atoms with Crippen molar-refractivity contribution in [1.82, 2.24) is 5.32 Å². The Balaban J connectivity index is 1.90. The summed E-state index contributed by atoms with van der Waals surface area (Å²) in [4.78, 5) is 14.8. The molecule has 1 amide bonds. The zero-order chi connectivity index (χ0) is 13.7. The fraction of sp³-hybridized carbons (Fsp3) is 0.312. The quantitative estimate of drug-likeness (QED) is 0.869. The topological polar surface area (TPSA) is 32.3 Å². The van der Waals surface area contributed by atoms with Crippen LogP contribution in [0.1, 0.15) is 23.2 Å². The maximum absolute atomic E-state index is 12.8. The number of nitrogens with zero attached hydrogens (tertiary/aromatic N) is 1. The SMILES string of the molecule is O=C1c2cc(Br)cc3cccc(c23)N1C1CCCNC1. The van der Waals surface area contributed by atoms with Gasteiger partial charge in [0.1, 0.15) is 0 Å². The highest BCUT2D eigenvalue weighted by molar-refractivity contribution is 9.10. The maximum Gasteiger partial charge on any atom is 0.259 e. The first-order valence-corrected chi connectivity index (χ1v) is 7.81. The molecule has 102 valence electrons. The number of rotatable bonds is 1. The number of amides is 1. The third kappa shape index (κ3) is 1.71. The van der Waals surface area contributed by atoms with E-state index in [4.69, 9.17) is 0 Å². The van der Waals surface area contributed by atoms with E-state index in [1.54, 1.807) is 0 Å². The molecule has 0 aliphatic carbocycles. The Hall–Kier alpha value is -1.39. The Bertz CT molecular complexity index is 707. The van der Waals surface area contributed by atoms with E-state index in [2.05, 4.69) is 39.4 Å². The molecule has 1 N–H and O–H groups in total. The summed E-state index contributed by atoms with van der Waals surface area (Å²) in [7, 11) is 0. The van der Waals surface area contributed by atoms with Gasteiger partial charge in [0, 0.05) is 22.4 Å². The Labute approximate surface area is 126 Å². The average molecular weight is 331 g/mol. The molecule has 0 saturated carbocycles. The van der Waals surface area contributed by atoms with Gasteiger partial charge in [-0.3, -0.25) is 4.79 Å². The summed E-state index contributed by atoms with van der Waals surface area (Å²) in [5, 5.41) is 5.63. The molecule has 3 nitrogen and oxygen atoms in total. The minimum atomic E-state index is 0.145. The van der Waals surface area contributed by atoms with Gasteiger partial charge in [-0.2, -0.15) is 0 Å². The van der Waals surface area contributed by atoms with Crippen molar-refractivity contribution in [1.29, 1.82) is 0 Å². The zero-order valence-corrected chi connectivity index (χ0v) is 12.6. The molecule has 0 radical (unpaired) electrons. The highest BCUT2D eigenvalue weighted by Gasteiger charge is 2.35. The smallest absolute Gasteiger partial charge is 0.259 e. The highest BCUT2D eigenvalue weighted by atomic mass is 79.9. The van der Waals surface area contributed by atoms with E-state index < -0.39 is 0 Å². The molecule has 1 atom stereocenters.